The number of H-pyrrole nitrogens is 1. The standard InChI is InChI=1S/C34H39N3O4S/c1-22-30(26-9-5-6-10-28(26)35-22)31-27(33(31,2)3)20-29(38)37(21-25-8-7-17-41-25)34(15-18-42-19-16-34)32(39)36-23-11-13-24(40-4)14-12-23/h5-14,17,27,31,35H,15-16,18-21H2,1-4H3,(H,36,39)/t27-,31-/m1/s1. The van der Waals surface area contributed by atoms with Crippen LogP contribution in [0.2, 0.25) is 0 Å². The lowest BCUT2D eigenvalue weighted by Crippen LogP contribution is -2.60. The molecule has 2 aromatic heterocycles. The predicted octanol–water partition coefficient (Wildman–Crippen LogP) is 7.14. The van der Waals surface area contributed by atoms with Crippen molar-refractivity contribution in [1.29, 1.82) is 0 Å². The number of aromatic nitrogens is 1. The number of amides is 2. The van der Waals surface area contributed by atoms with Gasteiger partial charge in [-0.2, -0.15) is 11.8 Å². The van der Waals surface area contributed by atoms with E-state index in [2.05, 4.69) is 49.3 Å². The second-order valence-electron chi connectivity index (χ2n) is 12.2. The van der Waals surface area contributed by atoms with E-state index >= 15 is 0 Å². The topological polar surface area (TPSA) is 87.6 Å². The van der Waals surface area contributed by atoms with E-state index in [9.17, 15) is 9.59 Å². The van der Waals surface area contributed by atoms with Crippen LogP contribution in [0.15, 0.2) is 71.3 Å². The number of rotatable bonds is 9. The van der Waals surface area contributed by atoms with Gasteiger partial charge in [0.05, 0.1) is 19.9 Å². The van der Waals surface area contributed by atoms with Gasteiger partial charge in [0.15, 0.2) is 0 Å². The zero-order valence-corrected chi connectivity index (χ0v) is 25.6. The molecule has 42 heavy (non-hydrogen) atoms. The molecular weight excluding hydrogens is 546 g/mol. The SMILES string of the molecule is COc1ccc(NC(=O)C2(N(Cc3ccco3)C(=O)C[C@@H]3[C@H](c4c(C)[nH]c5ccccc45)C3(C)C)CCSCC2)cc1. The van der Waals surface area contributed by atoms with E-state index in [0.29, 0.717) is 30.7 Å². The summed E-state index contributed by atoms with van der Waals surface area (Å²) in [6.45, 7) is 6.91. The van der Waals surface area contributed by atoms with Crippen LogP contribution in [0.4, 0.5) is 5.69 Å². The number of nitrogens with zero attached hydrogens (tertiary/aromatic N) is 1. The first-order valence-electron chi connectivity index (χ1n) is 14.7. The number of benzene rings is 2. The van der Waals surface area contributed by atoms with E-state index in [1.54, 1.807) is 13.4 Å². The minimum absolute atomic E-state index is 0.00116. The van der Waals surface area contributed by atoms with Crippen molar-refractivity contribution in [2.24, 2.45) is 11.3 Å². The Bertz CT molecular complexity index is 1570. The fraction of sp³-hybridized carbons (Fsp3) is 0.412. The first-order chi connectivity index (χ1) is 20.2. The average molecular weight is 586 g/mol. The maximum atomic E-state index is 14.5. The molecule has 8 heteroatoms. The molecular formula is C34H39N3O4S. The van der Waals surface area contributed by atoms with Gasteiger partial charge in [-0.3, -0.25) is 9.59 Å². The summed E-state index contributed by atoms with van der Waals surface area (Å²) in [6.07, 6.45) is 3.18. The van der Waals surface area contributed by atoms with Crippen LogP contribution < -0.4 is 10.1 Å². The van der Waals surface area contributed by atoms with Crippen molar-refractivity contribution in [2.75, 3.05) is 23.9 Å². The van der Waals surface area contributed by atoms with Crippen molar-refractivity contribution in [3.05, 3.63) is 83.9 Å². The Balaban J connectivity index is 1.31. The van der Waals surface area contributed by atoms with Crippen LogP contribution in [0.3, 0.4) is 0 Å². The molecule has 2 amide bonds. The number of nitrogens with one attached hydrogen (secondary N) is 2. The van der Waals surface area contributed by atoms with Gasteiger partial charge in [0.2, 0.25) is 11.8 Å². The number of aromatic amines is 1. The summed E-state index contributed by atoms with van der Waals surface area (Å²) >= 11 is 1.83. The maximum Gasteiger partial charge on any atom is 0.250 e. The van der Waals surface area contributed by atoms with Gasteiger partial charge in [-0.15, -0.1) is 0 Å². The molecule has 6 rings (SSSR count). The molecule has 0 unspecified atom stereocenters. The molecule has 1 aliphatic heterocycles. The molecule has 0 spiro atoms. The fourth-order valence-electron chi connectivity index (χ4n) is 6.98. The molecule has 1 saturated carbocycles. The number of hydrogen-bond acceptors (Lipinski definition) is 5. The number of thioether (sulfide) groups is 1. The first kappa shape index (κ1) is 28.5. The van der Waals surface area contributed by atoms with Crippen molar-refractivity contribution in [3.8, 4) is 5.75 Å². The molecule has 1 aliphatic carbocycles. The third-order valence-corrected chi connectivity index (χ3v) is 10.5. The molecule has 1 saturated heterocycles. The molecule has 2 atom stereocenters. The lowest BCUT2D eigenvalue weighted by atomic mass is 9.87. The number of para-hydroxylation sites is 1. The van der Waals surface area contributed by atoms with Gasteiger partial charge < -0.3 is 24.4 Å². The minimum Gasteiger partial charge on any atom is -0.497 e. The third kappa shape index (κ3) is 5.10. The number of methoxy groups -OCH3 is 1. The Morgan fingerprint density at radius 1 is 1.07 bits per heavy atom. The number of carbonyl (C=O) groups is 2. The summed E-state index contributed by atoms with van der Waals surface area (Å²) in [6, 6.07) is 19.4. The van der Waals surface area contributed by atoms with Crippen LogP contribution in [0.25, 0.3) is 10.9 Å². The Morgan fingerprint density at radius 3 is 2.50 bits per heavy atom. The van der Waals surface area contributed by atoms with E-state index in [0.717, 1.165) is 28.5 Å². The quantitative estimate of drug-likeness (QED) is 0.218. The summed E-state index contributed by atoms with van der Waals surface area (Å²) in [7, 11) is 1.62. The van der Waals surface area contributed by atoms with E-state index in [4.69, 9.17) is 9.15 Å². The fourth-order valence-corrected chi connectivity index (χ4v) is 8.15. The van der Waals surface area contributed by atoms with E-state index in [1.807, 2.05) is 59.1 Å². The zero-order valence-electron chi connectivity index (χ0n) is 24.7. The largest absolute Gasteiger partial charge is 0.497 e. The Kier molecular flexibility index (Phi) is 7.60. The maximum absolute atomic E-state index is 14.5. The summed E-state index contributed by atoms with van der Waals surface area (Å²) in [5, 5.41) is 4.36. The molecule has 0 radical (unpaired) electrons. The number of hydrogen-bond donors (Lipinski definition) is 2. The molecule has 3 heterocycles. The van der Waals surface area contributed by atoms with Crippen LogP contribution in [0, 0.1) is 18.3 Å². The van der Waals surface area contributed by atoms with Crippen molar-refractivity contribution in [3.63, 3.8) is 0 Å². The molecule has 2 aliphatic rings. The zero-order chi connectivity index (χ0) is 29.5. The molecule has 2 N–H and O–H groups in total. The lowest BCUT2D eigenvalue weighted by molar-refractivity contribution is -0.148. The Hall–Kier alpha value is -3.65. The third-order valence-electron chi connectivity index (χ3n) is 9.50. The second-order valence-corrected chi connectivity index (χ2v) is 13.4. The van der Waals surface area contributed by atoms with Crippen molar-refractivity contribution >= 4 is 40.2 Å². The van der Waals surface area contributed by atoms with Crippen LogP contribution in [-0.4, -0.2) is 45.9 Å². The van der Waals surface area contributed by atoms with Crippen molar-refractivity contribution in [1.82, 2.24) is 9.88 Å². The van der Waals surface area contributed by atoms with E-state index in [-0.39, 0.29) is 35.6 Å². The molecule has 2 aromatic carbocycles. The molecule has 2 fully saturated rings. The Labute approximate surface area is 251 Å². The van der Waals surface area contributed by atoms with Crippen LogP contribution in [-0.2, 0) is 16.1 Å². The van der Waals surface area contributed by atoms with Gasteiger partial charge in [0.1, 0.15) is 17.0 Å². The van der Waals surface area contributed by atoms with Crippen molar-refractivity contribution < 1.29 is 18.7 Å². The lowest BCUT2D eigenvalue weighted by Gasteiger charge is -2.44. The normalized spacial score (nSPS) is 20.7. The molecule has 0 bridgehead atoms. The van der Waals surface area contributed by atoms with Gasteiger partial charge in [0, 0.05) is 28.7 Å². The van der Waals surface area contributed by atoms with Crippen LogP contribution in [0.1, 0.15) is 56.0 Å². The van der Waals surface area contributed by atoms with E-state index in [1.165, 1.54) is 10.9 Å². The molecule has 220 valence electrons. The first-order valence-corrected chi connectivity index (χ1v) is 15.8. The summed E-state index contributed by atoms with van der Waals surface area (Å²) < 4.78 is 11.0. The highest BCUT2D eigenvalue weighted by atomic mass is 32.2. The van der Waals surface area contributed by atoms with Gasteiger partial charge in [-0.05, 0) is 96.5 Å². The van der Waals surface area contributed by atoms with Gasteiger partial charge in [-0.25, -0.2) is 0 Å². The second kappa shape index (κ2) is 11.2. The number of furan rings is 1. The van der Waals surface area contributed by atoms with Gasteiger partial charge in [0.25, 0.3) is 0 Å². The number of fused-ring (bicyclic) bond motifs is 1. The average Bonchev–Trinajstić information content (AvgIpc) is 3.36. The number of carbonyl (C=O) groups excluding carboxylic acids is 2. The highest BCUT2D eigenvalue weighted by molar-refractivity contribution is 7.99. The minimum atomic E-state index is -0.972. The van der Waals surface area contributed by atoms with Crippen LogP contribution in [0.5, 0.6) is 5.75 Å². The highest BCUT2D eigenvalue weighted by Gasteiger charge is 2.60. The molecule has 4 aromatic rings. The number of aryl methyl sites for hydroxylation is 1. The van der Waals surface area contributed by atoms with Crippen molar-refractivity contribution in [2.45, 2.75) is 58.0 Å². The number of anilines is 1. The van der Waals surface area contributed by atoms with Crippen LogP contribution >= 0.6 is 11.8 Å². The number of ether oxygens (including phenoxy) is 1. The van der Waals surface area contributed by atoms with Gasteiger partial charge in [-0.1, -0.05) is 32.0 Å². The monoisotopic (exact) mass is 585 g/mol. The smallest absolute Gasteiger partial charge is 0.250 e. The summed E-state index contributed by atoms with van der Waals surface area (Å²) in [5.74, 6) is 3.30. The highest BCUT2D eigenvalue weighted by Crippen LogP contribution is 2.67. The Morgan fingerprint density at radius 2 is 1.81 bits per heavy atom. The molecule has 7 nitrogen and oxygen atoms in total. The van der Waals surface area contributed by atoms with E-state index < -0.39 is 5.54 Å². The predicted molar refractivity (Wildman–Crippen MR) is 168 cm³/mol. The van der Waals surface area contributed by atoms with Gasteiger partial charge >= 0.3 is 0 Å². The summed E-state index contributed by atoms with van der Waals surface area (Å²) in [5.41, 5.74) is 3.28. The summed E-state index contributed by atoms with van der Waals surface area (Å²) in [4.78, 5) is 34.1.